The molecule has 0 aliphatic rings. The first-order valence-corrected chi connectivity index (χ1v) is 7.21. The van der Waals surface area contributed by atoms with E-state index in [2.05, 4.69) is 15.9 Å². The summed E-state index contributed by atoms with van der Waals surface area (Å²) >= 11 is 3.51. The molecule has 0 saturated heterocycles. The average molecular weight is 336 g/mol. The predicted octanol–water partition coefficient (Wildman–Crippen LogP) is 3.63. The summed E-state index contributed by atoms with van der Waals surface area (Å²) in [6.45, 7) is 1.59. The zero-order chi connectivity index (χ0) is 14.4. The van der Waals surface area contributed by atoms with Gasteiger partial charge in [0.05, 0.1) is 20.3 Å². The van der Waals surface area contributed by atoms with Crippen LogP contribution in [-0.4, -0.2) is 7.11 Å². The molecule has 2 aromatic carbocycles. The zero-order valence-corrected chi connectivity index (χ0v) is 13.0. The molecule has 0 aliphatic carbocycles. The van der Waals surface area contributed by atoms with Crippen LogP contribution in [0, 0.1) is 0 Å². The third-order valence-electron chi connectivity index (χ3n) is 3.05. The number of rotatable bonds is 6. The fraction of sp³-hybridized carbons (Fsp3) is 0.250. The van der Waals surface area contributed by atoms with E-state index < -0.39 is 0 Å². The third-order valence-corrected chi connectivity index (χ3v) is 3.82. The van der Waals surface area contributed by atoms with Gasteiger partial charge in [-0.15, -0.1) is 0 Å². The largest absolute Gasteiger partial charge is 0.496 e. The average Bonchev–Trinajstić information content (AvgIpc) is 2.49. The van der Waals surface area contributed by atoms with E-state index in [-0.39, 0.29) is 0 Å². The fourth-order valence-corrected chi connectivity index (χ4v) is 2.37. The van der Waals surface area contributed by atoms with Crippen LogP contribution in [0.4, 0.5) is 0 Å². The summed E-state index contributed by atoms with van der Waals surface area (Å²) in [6.07, 6.45) is 0. The number of methoxy groups -OCH3 is 1. The van der Waals surface area contributed by atoms with Crippen molar-refractivity contribution < 1.29 is 9.47 Å². The van der Waals surface area contributed by atoms with Gasteiger partial charge in [-0.2, -0.15) is 0 Å². The maximum atomic E-state index is 5.75. The Balaban J connectivity index is 1.96. The molecule has 0 spiro atoms. The molecule has 0 atom stereocenters. The highest BCUT2D eigenvalue weighted by atomic mass is 79.9. The highest BCUT2D eigenvalue weighted by molar-refractivity contribution is 9.10. The highest BCUT2D eigenvalue weighted by Crippen LogP contribution is 2.21. The predicted molar refractivity (Wildman–Crippen MR) is 83.5 cm³/mol. The van der Waals surface area contributed by atoms with Gasteiger partial charge in [-0.05, 0) is 29.3 Å². The summed E-state index contributed by atoms with van der Waals surface area (Å²) in [7, 11) is 1.65. The Labute approximate surface area is 127 Å². The topological polar surface area (TPSA) is 44.5 Å². The van der Waals surface area contributed by atoms with Crippen molar-refractivity contribution in [1.82, 2.24) is 0 Å². The first kappa shape index (κ1) is 15.0. The molecule has 0 radical (unpaired) electrons. The standard InChI is InChI=1S/C16H18BrNO2/c1-19-16-7-6-12(8-14(16)9-18)10-20-11-13-4-2-3-5-15(13)17/h2-8H,9-11,18H2,1H3. The minimum Gasteiger partial charge on any atom is -0.496 e. The van der Waals surface area contributed by atoms with Crippen molar-refractivity contribution in [1.29, 1.82) is 0 Å². The lowest BCUT2D eigenvalue weighted by molar-refractivity contribution is 0.106. The first-order chi connectivity index (χ1) is 9.74. The van der Waals surface area contributed by atoms with Crippen LogP contribution in [0.15, 0.2) is 46.9 Å². The third kappa shape index (κ3) is 3.82. The van der Waals surface area contributed by atoms with Crippen LogP contribution in [0.3, 0.4) is 0 Å². The number of halogens is 1. The van der Waals surface area contributed by atoms with Crippen LogP contribution < -0.4 is 10.5 Å². The first-order valence-electron chi connectivity index (χ1n) is 6.41. The Morgan fingerprint density at radius 3 is 2.55 bits per heavy atom. The van der Waals surface area contributed by atoms with Gasteiger partial charge in [0.25, 0.3) is 0 Å². The molecule has 2 aromatic rings. The Morgan fingerprint density at radius 2 is 1.85 bits per heavy atom. The van der Waals surface area contributed by atoms with E-state index in [0.717, 1.165) is 26.9 Å². The molecule has 20 heavy (non-hydrogen) atoms. The zero-order valence-electron chi connectivity index (χ0n) is 11.4. The second-order valence-corrected chi connectivity index (χ2v) is 5.29. The van der Waals surface area contributed by atoms with Crippen molar-refractivity contribution in [2.24, 2.45) is 5.73 Å². The van der Waals surface area contributed by atoms with Crippen LogP contribution in [0.25, 0.3) is 0 Å². The van der Waals surface area contributed by atoms with Crippen molar-refractivity contribution in [2.75, 3.05) is 7.11 Å². The van der Waals surface area contributed by atoms with E-state index in [9.17, 15) is 0 Å². The molecule has 3 nitrogen and oxygen atoms in total. The Hall–Kier alpha value is -1.36. The van der Waals surface area contributed by atoms with Gasteiger partial charge in [-0.3, -0.25) is 0 Å². The lowest BCUT2D eigenvalue weighted by Gasteiger charge is -2.10. The molecule has 0 heterocycles. The van der Waals surface area contributed by atoms with E-state index in [1.165, 1.54) is 0 Å². The van der Waals surface area contributed by atoms with Crippen molar-refractivity contribution in [2.45, 2.75) is 19.8 Å². The molecule has 106 valence electrons. The molecular weight excluding hydrogens is 318 g/mol. The second-order valence-electron chi connectivity index (χ2n) is 4.43. The van der Waals surface area contributed by atoms with Crippen molar-refractivity contribution >= 4 is 15.9 Å². The van der Waals surface area contributed by atoms with Crippen molar-refractivity contribution in [3.05, 3.63) is 63.6 Å². The van der Waals surface area contributed by atoms with Crippen molar-refractivity contribution in [3.8, 4) is 5.75 Å². The lowest BCUT2D eigenvalue weighted by Crippen LogP contribution is -2.02. The van der Waals surface area contributed by atoms with Gasteiger partial charge in [-0.1, -0.05) is 40.2 Å². The van der Waals surface area contributed by atoms with Gasteiger partial charge >= 0.3 is 0 Å². The van der Waals surface area contributed by atoms with Gasteiger partial charge < -0.3 is 15.2 Å². The Kier molecular flexibility index (Phi) is 5.59. The molecule has 2 N–H and O–H groups in total. The number of hydrogen-bond donors (Lipinski definition) is 1. The molecule has 0 aliphatic heterocycles. The SMILES string of the molecule is COc1ccc(COCc2ccccc2Br)cc1CN. The maximum absolute atomic E-state index is 5.75. The Morgan fingerprint density at radius 1 is 1.05 bits per heavy atom. The second kappa shape index (κ2) is 7.43. The van der Waals surface area contributed by atoms with E-state index in [1.807, 2.05) is 42.5 Å². The molecule has 0 amide bonds. The number of nitrogens with two attached hydrogens (primary N) is 1. The number of benzene rings is 2. The molecule has 2 rings (SSSR count). The van der Waals surface area contributed by atoms with Gasteiger partial charge in [-0.25, -0.2) is 0 Å². The van der Waals surface area contributed by atoms with Gasteiger partial charge in [0.1, 0.15) is 5.75 Å². The summed E-state index contributed by atoms with van der Waals surface area (Å²) in [6, 6.07) is 14.0. The normalized spacial score (nSPS) is 10.6. The van der Waals surface area contributed by atoms with Crippen LogP contribution >= 0.6 is 15.9 Å². The molecule has 0 fully saturated rings. The molecular formula is C16H18BrNO2. The summed E-state index contributed by atoms with van der Waals surface area (Å²) < 4.78 is 12.1. The van der Waals surface area contributed by atoms with E-state index in [1.54, 1.807) is 7.11 Å². The Bertz CT molecular complexity index is 572. The van der Waals surface area contributed by atoms with Crippen LogP contribution in [0.1, 0.15) is 16.7 Å². The van der Waals surface area contributed by atoms with Crippen LogP contribution in [0.2, 0.25) is 0 Å². The number of hydrogen-bond acceptors (Lipinski definition) is 3. The summed E-state index contributed by atoms with van der Waals surface area (Å²) in [5.41, 5.74) is 8.94. The molecule has 0 unspecified atom stereocenters. The number of ether oxygens (including phenoxy) is 2. The monoisotopic (exact) mass is 335 g/mol. The van der Waals surface area contributed by atoms with Gasteiger partial charge in [0.15, 0.2) is 0 Å². The van der Waals surface area contributed by atoms with Crippen LogP contribution in [0.5, 0.6) is 5.75 Å². The van der Waals surface area contributed by atoms with E-state index >= 15 is 0 Å². The highest BCUT2D eigenvalue weighted by Gasteiger charge is 2.04. The van der Waals surface area contributed by atoms with E-state index in [4.69, 9.17) is 15.2 Å². The van der Waals surface area contributed by atoms with Crippen LogP contribution in [-0.2, 0) is 24.5 Å². The molecule has 0 bridgehead atoms. The lowest BCUT2D eigenvalue weighted by atomic mass is 10.1. The summed E-state index contributed by atoms with van der Waals surface area (Å²) in [4.78, 5) is 0. The van der Waals surface area contributed by atoms with E-state index in [0.29, 0.717) is 19.8 Å². The minimum absolute atomic E-state index is 0.460. The quantitative estimate of drug-likeness (QED) is 0.876. The van der Waals surface area contributed by atoms with Gasteiger partial charge in [0, 0.05) is 16.6 Å². The molecule has 4 heteroatoms. The minimum atomic E-state index is 0.460. The van der Waals surface area contributed by atoms with Crippen molar-refractivity contribution in [3.63, 3.8) is 0 Å². The summed E-state index contributed by atoms with van der Waals surface area (Å²) in [5.74, 6) is 0.821. The smallest absolute Gasteiger partial charge is 0.123 e. The fourth-order valence-electron chi connectivity index (χ4n) is 1.98. The summed E-state index contributed by atoms with van der Waals surface area (Å²) in [5, 5.41) is 0. The van der Waals surface area contributed by atoms with Gasteiger partial charge in [0.2, 0.25) is 0 Å². The molecule has 0 saturated carbocycles. The molecule has 0 aromatic heterocycles. The maximum Gasteiger partial charge on any atom is 0.123 e.